The van der Waals surface area contributed by atoms with E-state index < -0.39 is 28.7 Å². The number of alkyl halides is 3. The van der Waals surface area contributed by atoms with E-state index in [1.807, 2.05) is 0 Å². The average Bonchev–Trinajstić information content (AvgIpc) is 2.92. The molecule has 0 spiro atoms. The lowest BCUT2D eigenvalue weighted by molar-refractivity contribution is -0.137. The second-order valence-electron chi connectivity index (χ2n) is 4.98. The van der Waals surface area contributed by atoms with Crippen molar-refractivity contribution >= 4 is 23.6 Å². The first kappa shape index (κ1) is 18.0. The third-order valence-electron chi connectivity index (χ3n) is 3.00. The molecule has 0 bridgehead atoms. The molecule has 24 heavy (non-hydrogen) atoms. The Morgan fingerprint density at radius 3 is 2.71 bits per heavy atom. The van der Waals surface area contributed by atoms with Crippen molar-refractivity contribution < 1.29 is 22.5 Å². The first-order valence-electron chi connectivity index (χ1n) is 6.82. The summed E-state index contributed by atoms with van der Waals surface area (Å²) in [4.78, 5) is 15.8. The van der Waals surface area contributed by atoms with Gasteiger partial charge in [-0.2, -0.15) is 18.2 Å². The van der Waals surface area contributed by atoms with Gasteiger partial charge in [0.05, 0.1) is 10.6 Å². The van der Waals surface area contributed by atoms with Crippen LogP contribution < -0.4 is 5.32 Å². The van der Waals surface area contributed by atoms with E-state index in [-0.39, 0.29) is 11.5 Å². The summed E-state index contributed by atoms with van der Waals surface area (Å²) in [7, 11) is 0. The van der Waals surface area contributed by atoms with Crippen molar-refractivity contribution in [2.24, 2.45) is 0 Å². The lowest BCUT2D eigenvalue weighted by Gasteiger charge is -2.09. The summed E-state index contributed by atoms with van der Waals surface area (Å²) in [6, 6.07) is 2.86. The minimum absolute atomic E-state index is 0.197. The number of hydrogen-bond donors (Lipinski definition) is 1. The Balaban J connectivity index is 2.06. The minimum atomic E-state index is -4.56. The van der Waals surface area contributed by atoms with Crippen LogP contribution >= 0.6 is 11.6 Å². The monoisotopic (exact) mass is 359 g/mol. The van der Waals surface area contributed by atoms with Gasteiger partial charge in [0, 0.05) is 6.08 Å². The predicted molar refractivity (Wildman–Crippen MR) is 81.1 cm³/mol. The van der Waals surface area contributed by atoms with Crippen LogP contribution in [0.1, 0.15) is 35.8 Å². The third kappa shape index (κ3) is 4.58. The molecule has 0 aliphatic heterocycles. The number of carbonyl (C=O) groups excluding carboxylic acids is 1. The summed E-state index contributed by atoms with van der Waals surface area (Å²) in [6.45, 7) is 3.28. The molecule has 0 fully saturated rings. The maximum Gasteiger partial charge on any atom is 0.417 e. The second-order valence-corrected chi connectivity index (χ2v) is 5.39. The molecule has 1 N–H and O–H groups in total. The number of nitrogens with zero attached hydrogens (tertiary/aromatic N) is 2. The Hall–Kier alpha value is -2.35. The molecule has 128 valence electrons. The predicted octanol–water partition coefficient (Wildman–Crippen LogP) is 3.94. The summed E-state index contributed by atoms with van der Waals surface area (Å²) in [5.74, 6) is 0.157. The molecule has 0 radical (unpaired) electrons. The number of nitrogens with one attached hydrogen (secondary N) is 1. The number of carbonyl (C=O) groups is 1. The van der Waals surface area contributed by atoms with Crippen molar-refractivity contribution in [2.45, 2.75) is 26.1 Å². The molecule has 1 aromatic carbocycles. The number of benzene rings is 1. The van der Waals surface area contributed by atoms with Crippen LogP contribution in [-0.2, 0) is 11.0 Å². The maximum absolute atomic E-state index is 12.8. The van der Waals surface area contributed by atoms with Crippen LogP contribution in [0.5, 0.6) is 0 Å². The summed E-state index contributed by atoms with van der Waals surface area (Å²) in [5, 5.41) is 5.77. The molecule has 1 aromatic heterocycles. The third-order valence-corrected chi connectivity index (χ3v) is 3.33. The Morgan fingerprint density at radius 1 is 1.42 bits per heavy atom. The van der Waals surface area contributed by atoms with Gasteiger partial charge in [-0.05, 0) is 37.6 Å². The number of hydrogen-bond acceptors (Lipinski definition) is 4. The molecule has 1 heterocycles. The van der Waals surface area contributed by atoms with Crippen LogP contribution in [0.4, 0.5) is 13.2 Å². The Kier molecular flexibility index (Phi) is 5.28. The smallest absolute Gasteiger partial charge is 0.341 e. The molecular weight excluding hydrogens is 347 g/mol. The summed E-state index contributed by atoms with van der Waals surface area (Å²) in [5.41, 5.74) is -0.760. The van der Waals surface area contributed by atoms with E-state index in [0.717, 1.165) is 18.2 Å². The van der Waals surface area contributed by atoms with Crippen molar-refractivity contribution in [1.29, 1.82) is 0 Å². The highest BCUT2D eigenvalue weighted by Gasteiger charge is 2.33. The highest BCUT2D eigenvalue weighted by atomic mass is 35.5. The fourth-order valence-corrected chi connectivity index (χ4v) is 2.07. The van der Waals surface area contributed by atoms with E-state index in [4.69, 9.17) is 16.1 Å². The molecule has 1 amide bonds. The highest BCUT2D eigenvalue weighted by molar-refractivity contribution is 6.31. The van der Waals surface area contributed by atoms with Crippen LogP contribution in [-0.4, -0.2) is 16.0 Å². The van der Waals surface area contributed by atoms with Crippen molar-refractivity contribution in [3.8, 4) is 0 Å². The van der Waals surface area contributed by atoms with Gasteiger partial charge in [0.25, 0.3) is 0 Å². The molecule has 5 nitrogen and oxygen atoms in total. The second kappa shape index (κ2) is 7.04. The van der Waals surface area contributed by atoms with Gasteiger partial charge in [-0.3, -0.25) is 4.79 Å². The van der Waals surface area contributed by atoms with Gasteiger partial charge >= 0.3 is 6.18 Å². The van der Waals surface area contributed by atoms with Crippen LogP contribution in [0, 0.1) is 6.92 Å². The lowest BCUT2D eigenvalue weighted by atomic mass is 10.1. The number of rotatable bonds is 4. The summed E-state index contributed by atoms with van der Waals surface area (Å²) < 4.78 is 43.3. The molecule has 0 unspecified atom stereocenters. The van der Waals surface area contributed by atoms with Crippen LogP contribution in [0.25, 0.3) is 6.08 Å². The first-order valence-corrected chi connectivity index (χ1v) is 7.20. The van der Waals surface area contributed by atoms with Gasteiger partial charge in [-0.25, -0.2) is 0 Å². The summed E-state index contributed by atoms with van der Waals surface area (Å²) >= 11 is 5.54. The quantitative estimate of drug-likeness (QED) is 0.839. The highest BCUT2D eigenvalue weighted by Crippen LogP contribution is 2.35. The van der Waals surface area contributed by atoms with Crippen molar-refractivity contribution in [1.82, 2.24) is 15.5 Å². The van der Waals surface area contributed by atoms with E-state index in [9.17, 15) is 18.0 Å². The van der Waals surface area contributed by atoms with Crippen LogP contribution in [0.15, 0.2) is 28.8 Å². The molecule has 1 atom stereocenters. The number of aromatic nitrogens is 2. The molecular formula is C15H13ClF3N3O2. The standard InChI is InChI=1S/C15H13ClF3N3O2/c1-8(14-21-9(2)22-24-14)20-13(23)6-4-10-3-5-12(16)11(7-10)15(17,18)19/h3-8H,1-2H3,(H,20,23)/b6-4-/t8-/m1/s1. The zero-order chi connectivity index (χ0) is 17.9. The molecule has 2 rings (SSSR count). The number of amides is 1. The first-order chi connectivity index (χ1) is 11.2. The lowest BCUT2D eigenvalue weighted by Crippen LogP contribution is -2.24. The van der Waals surface area contributed by atoms with E-state index in [2.05, 4.69) is 15.5 Å². The fourth-order valence-electron chi connectivity index (χ4n) is 1.85. The molecule has 0 aliphatic rings. The Bertz CT molecular complexity index is 772. The summed E-state index contributed by atoms with van der Waals surface area (Å²) in [6.07, 6.45) is -2.19. The number of halogens is 4. The molecule has 9 heteroatoms. The average molecular weight is 360 g/mol. The van der Waals surface area contributed by atoms with Gasteiger partial charge in [0.15, 0.2) is 5.82 Å². The normalized spacial score (nSPS) is 13.2. The van der Waals surface area contributed by atoms with Gasteiger partial charge in [-0.15, -0.1) is 0 Å². The SMILES string of the molecule is Cc1noc([C@@H](C)NC(=O)/C=C\c2ccc(Cl)c(C(F)(F)F)c2)n1. The van der Waals surface area contributed by atoms with Gasteiger partial charge in [0.2, 0.25) is 11.8 Å². The zero-order valence-corrected chi connectivity index (χ0v) is 13.4. The van der Waals surface area contributed by atoms with Gasteiger partial charge in [0.1, 0.15) is 6.04 Å². The van der Waals surface area contributed by atoms with Crippen LogP contribution in [0.3, 0.4) is 0 Å². The molecule has 0 saturated heterocycles. The topological polar surface area (TPSA) is 68.0 Å². The number of aryl methyl sites for hydroxylation is 1. The van der Waals surface area contributed by atoms with E-state index in [1.165, 1.54) is 12.1 Å². The maximum atomic E-state index is 12.8. The van der Waals surface area contributed by atoms with E-state index in [1.54, 1.807) is 13.8 Å². The van der Waals surface area contributed by atoms with E-state index in [0.29, 0.717) is 5.82 Å². The molecule has 0 aliphatic carbocycles. The van der Waals surface area contributed by atoms with Crippen LogP contribution in [0.2, 0.25) is 5.02 Å². The molecule has 2 aromatic rings. The fraction of sp³-hybridized carbons (Fsp3) is 0.267. The van der Waals surface area contributed by atoms with Crippen molar-refractivity contribution in [3.05, 3.63) is 52.1 Å². The Labute approximate surface area is 140 Å². The van der Waals surface area contributed by atoms with Gasteiger partial charge < -0.3 is 9.84 Å². The molecule has 0 saturated carbocycles. The largest absolute Gasteiger partial charge is 0.417 e. The van der Waals surface area contributed by atoms with Gasteiger partial charge in [-0.1, -0.05) is 22.8 Å². The van der Waals surface area contributed by atoms with Crippen molar-refractivity contribution in [2.75, 3.05) is 0 Å². The van der Waals surface area contributed by atoms with E-state index >= 15 is 0 Å². The van der Waals surface area contributed by atoms with Crippen molar-refractivity contribution in [3.63, 3.8) is 0 Å². The minimum Gasteiger partial charge on any atom is -0.341 e. The zero-order valence-electron chi connectivity index (χ0n) is 12.7. The Morgan fingerprint density at radius 2 is 2.12 bits per heavy atom.